The number of aldehydes is 1. The quantitative estimate of drug-likeness (QED) is 0.144. The van der Waals surface area contributed by atoms with Gasteiger partial charge in [-0.05, 0) is 50.4 Å². The molecule has 3 aromatic heterocycles. The molecule has 1 N–H and O–H groups in total. The minimum atomic E-state index is -0.611. The summed E-state index contributed by atoms with van der Waals surface area (Å²) >= 11 is 0. The van der Waals surface area contributed by atoms with Crippen molar-refractivity contribution in [3.8, 4) is 33.4 Å². The molecule has 1 spiro atoms. The normalized spacial score (nSPS) is 15.5. The van der Waals surface area contributed by atoms with Gasteiger partial charge in [-0.15, -0.1) is 0 Å². The third-order valence-electron chi connectivity index (χ3n) is 12.8. The Labute approximate surface area is 313 Å². The number of benzene rings is 8. The minimum absolute atomic E-state index is 0.0140. The zero-order chi connectivity index (χ0) is 36.2. The summed E-state index contributed by atoms with van der Waals surface area (Å²) in [5.41, 5.74) is 15.6. The van der Waals surface area contributed by atoms with Gasteiger partial charge in [0, 0.05) is 54.6 Å². The van der Waals surface area contributed by atoms with E-state index >= 15 is 0 Å². The molecule has 3 heterocycles. The number of hydrogen-bond acceptors (Lipinski definition) is 2. The largest absolute Gasteiger partial charge is 0.353 e. The van der Waals surface area contributed by atoms with E-state index in [4.69, 9.17) is 0 Å². The fourth-order valence-electron chi connectivity index (χ4n) is 10.8. The van der Waals surface area contributed by atoms with Crippen LogP contribution in [0.1, 0.15) is 32.6 Å². The Balaban J connectivity index is 1.19. The van der Waals surface area contributed by atoms with Gasteiger partial charge in [0.15, 0.2) is 6.29 Å². The lowest BCUT2D eigenvalue weighted by Crippen LogP contribution is -2.25. The van der Waals surface area contributed by atoms with Gasteiger partial charge in [-0.3, -0.25) is 14.0 Å². The van der Waals surface area contributed by atoms with Gasteiger partial charge >= 0.3 is 0 Å². The van der Waals surface area contributed by atoms with Crippen LogP contribution in [0.3, 0.4) is 0 Å². The van der Waals surface area contributed by atoms with Crippen LogP contribution in [0.5, 0.6) is 0 Å². The molecule has 4 nitrogen and oxygen atoms in total. The standard InChI is InChI=1S/C51H28N2O2/c54-27-28-11-1-2-12-29(28)31-17-9-18-32-33-23-25-42-44(47(33)52-46(31)32)38-15-5-7-21-40(38)51(42)41-22-8-6-16-39(41)45-43(51)26-24-36-35-20-10-19-34-30-13-3-4-14-37(30)50(55)53(48(34)35)49(36)45/h1-27,52H. The second kappa shape index (κ2) is 10.0. The first-order valence-electron chi connectivity index (χ1n) is 18.8. The van der Waals surface area contributed by atoms with E-state index in [9.17, 15) is 9.59 Å². The van der Waals surface area contributed by atoms with Gasteiger partial charge in [0.25, 0.3) is 5.56 Å². The van der Waals surface area contributed by atoms with Crippen molar-refractivity contribution in [1.29, 1.82) is 0 Å². The topological polar surface area (TPSA) is 54.3 Å². The van der Waals surface area contributed by atoms with Crippen LogP contribution in [0.4, 0.5) is 0 Å². The smallest absolute Gasteiger partial charge is 0.263 e. The molecule has 13 rings (SSSR count). The highest BCUT2D eigenvalue weighted by Gasteiger charge is 2.53. The van der Waals surface area contributed by atoms with Crippen LogP contribution in [0, 0.1) is 0 Å². The highest BCUT2D eigenvalue weighted by atomic mass is 16.1. The lowest BCUT2D eigenvalue weighted by atomic mass is 9.70. The monoisotopic (exact) mass is 700 g/mol. The Morgan fingerprint density at radius 3 is 1.73 bits per heavy atom. The molecule has 0 bridgehead atoms. The van der Waals surface area contributed by atoms with Crippen molar-refractivity contribution in [2.24, 2.45) is 0 Å². The Morgan fingerprint density at radius 1 is 0.418 bits per heavy atom. The Kier molecular flexibility index (Phi) is 5.31. The molecule has 0 saturated carbocycles. The molecule has 0 radical (unpaired) electrons. The number of carbonyl (C=O) groups is 1. The van der Waals surface area contributed by atoms with Crippen LogP contribution in [0.2, 0.25) is 0 Å². The third kappa shape index (κ3) is 3.28. The average molecular weight is 701 g/mol. The van der Waals surface area contributed by atoms with Gasteiger partial charge in [0.2, 0.25) is 0 Å². The Morgan fingerprint density at radius 2 is 0.945 bits per heavy atom. The number of nitrogens with one attached hydrogen (secondary N) is 1. The van der Waals surface area contributed by atoms with Crippen LogP contribution in [-0.4, -0.2) is 15.7 Å². The van der Waals surface area contributed by atoms with Crippen molar-refractivity contribution in [2.75, 3.05) is 0 Å². The molecule has 55 heavy (non-hydrogen) atoms. The van der Waals surface area contributed by atoms with Gasteiger partial charge in [-0.1, -0.05) is 152 Å². The van der Waals surface area contributed by atoms with Gasteiger partial charge < -0.3 is 4.98 Å². The van der Waals surface area contributed by atoms with Crippen LogP contribution >= 0.6 is 0 Å². The third-order valence-corrected chi connectivity index (χ3v) is 12.8. The molecular formula is C51H28N2O2. The van der Waals surface area contributed by atoms with E-state index in [0.29, 0.717) is 5.56 Å². The lowest BCUT2D eigenvalue weighted by molar-refractivity contribution is 0.112. The molecule has 0 fully saturated rings. The second-order valence-electron chi connectivity index (χ2n) is 15.1. The molecule has 0 aliphatic heterocycles. The molecule has 4 heteroatoms. The van der Waals surface area contributed by atoms with E-state index in [0.717, 1.165) is 88.3 Å². The predicted molar refractivity (Wildman–Crippen MR) is 224 cm³/mol. The van der Waals surface area contributed by atoms with E-state index in [2.05, 4.69) is 120 Å². The summed E-state index contributed by atoms with van der Waals surface area (Å²) < 4.78 is 2.01. The number of rotatable bonds is 2. The van der Waals surface area contributed by atoms with Gasteiger partial charge in [-0.2, -0.15) is 0 Å². The molecule has 8 aromatic carbocycles. The fraction of sp³-hybridized carbons (Fsp3) is 0.0196. The van der Waals surface area contributed by atoms with Gasteiger partial charge in [0.05, 0.1) is 27.5 Å². The molecule has 0 saturated heterocycles. The number of pyridine rings is 1. The van der Waals surface area contributed by atoms with Crippen molar-refractivity contribution in [3.05, 3.63) is 196 Å². The van der Waals surface area contributed by atoms with Gasteiger partial charge in [-0.25, -0.2) is 0 Å². The number of nitrogens with zero attached hydrogens (tertiary/aromatic N) is 1. The van der Waals surface area contributed by atoms with E-state index in [-0.39, 0.29) is 5.56 Å². The van der Waals surface area contributed by atoms with Crippen molar-refractivity contribution in [1.82, 2.24) is 9.38 Å². The van der Waals surface area contributed by atoms with Crippen molar-refractivity contribution >= 4 is 66.1 Å². The molecular weight excluding hydrogens is 673 g/mol. The SMILES string of the molecule is O=Cc1ccccc1-c1cccc2c1[nH]c1c3c(ccc12)C1(c2ccccc2-3)c2ccccc2-c2c1ccc1c3cccc4c5ccccc5c(=O)n(c21)c43. The van der Waals surface area contributed by atoms with Crippen LogP contribution in [0.15, 0.2) is 163 Å². The summed E-state index contributed by atoms with van der Waals surface area (Å²) in [7, 11) is 0. The molecule has 2 aliphatic rings. The summed E-state index contributed by atoms with van der Waals surface area (Å²) in [6.45, 7) is 0. The Bertz CT molecular complexity index is 3610. The molecule has 11 aromatic rings. The summed E-state index contributed by atoms with van der Waals surface area (Å²) in [6.07, 6.45) is 0.940. The lowest BCUT2D eigenvalue weighted by Gasteiger charge is -2.30. The summed E-state index contributed by atoms with van der Waals surface area (Å²) in [5.74, 6) is 0. The predicted octanol–water partition coefficient (Wildman–Crippen LogP) is 11.7. The first kappa shape index (κ1) is 29.2. The number of aromatic nitrogens is 2. The number of fused-ring (bicyclic) bond motifs is 20. The van der Waals surface area contributed by atoms with Crippen LogP contribution in [-0.2, 0) is 5.41 Å². The van der Waals surface area contributed by atoms with Crippen LogP contribution < -0.4 is 5.56 Å². The number of aromatic amines is 1. The minimum Gasteiger partial charge on any atom is -0.353 e. The average Bonchev–Trinajstić information content (AvgIpc) is 3.97. The molecule has 1 atom stereocenters. The maximum atomic E-state index is 14.7. The second-order valence-corrected chi connectivity index (χ2v) is 15.1. The maximum Gasteiger partial charge on any atom is 0.263 e. The summed E-state index contributed by atoms with van der Waals surface area (Å²) in [6, 6.07) is 55.5. The van der Waals surface area contributed by atoms with E-state index in [1.807, 2.05) is 46.9 Å². The highest BCUT2D eigenvalue weighted by Crippen LogP contribution is 2.65. The van der Waals surface area contributed by atoms with Crippen molar-refractivity contribution in [2.45, 2.75) is 5.41 Å². The summed E-state index contributed by atoms with van der Waals surface area (Å²) in [4.78, 5) is 30.8. The first-order valence-corrected chi connectivity index (χ1v) is 18.8. The van der Waals surface area contributed by atoms with E-state index in [1.165, 1.54) is 33.4 Å². The number of H-pyrrole nitrogens is 1. The molecule has 2 aliphatic carbocycles. The first-order chi connectivity index (χ1) is 27.2. The molecule has 254 valence electrons. The van der Waals surface area contributed by atoms with E-state index < -0.39 is 5.41 Å². The number of carbonyl (C=O) groups excluding carboxylic acids is 1. The maximum absolute atomic E-state index is 14.7. The zero-order valence-corrected chi connectivity index (χ0v) is 29.4. The number of hydrogen-bond donors (Lipinski definition) is 1. The Hall–Kier alpha value is -7.30. The summed E-state index contributed by atoms with van der Waals surface area (Å²) in [5, 5.41) is 7.25. The zero-order valence-electron chi connectivity index (χ0n) is 29.4. The van der Waals surface area contributed by atoms with Crippen LogP contribution in [0.25, 0.3) is 93.2 Å². The highest BCUT2D eigenvalue weighted by molar-refractivity contribution is 6.24. The van der Waals surface area contributed by atoms with Crippen molar-refractivity contribution in [3.63, 3.8) is 0 Å². The molecule has 1 unspecified atom stereocenters. The van der Waals surface area contributed by atoms with E-state index in [1.54, 1.807) is 0 Å². The number of para-hydroxylation sites is 2. The fourth-order valence-corrected chi connectivity index (χ4v) is 10.8. The van der Waals surface area contributed by atoms with Crippen molar-refractivity contribution < 1.29 is 4.79 Å². The van der Waals surface area contributed by atoms with Gasteiger partial charge in [0.1, 0.15) is 0 Å². The molecule has 0 amide bonds.